The van der Waals surface area contributed by atoms with Gasteiger partial charge in [0, 0.05) is 31.4 Å². The van der Waals surface area contributed by atoms with Gasteiger partial charge in [0.05, 0.1) is 5.52 Å². The van der Waals surface area contributed by atoms with Crippen LogP contribution < -0.4 is 10.2 Å². The molecule has 1 N–H and O–H groups in total. The SMILES string of the molecule is Cn1nc(N2CCC(=O)NC2=O)c2cc(F)c(C3CCC(N4CCC5(CCCC5)CC4)CC3)cc21. The van der Waals surface area contributed by atoms with E-state index in [4.69, 9.17) is 0 Å². The number of fused-ring (bicyclic) bond motifs is 1. The van der Waals surface area contributed by atoms with Gasteiger partial charge < -0.3 is 4.90 Å². The lowest BCUT2D eigenvalue weighted by Crippen LogP contribution is -2.49. The van der Waals surface area contributed by atoms with Crippen LogP contribution in [0.3, 0.4) is 0 Å². The highest BCUT2D eigenvalue weighted by molar-refractivity contribution is 6.08. The molecule has 2 saturated heterocycles. The van der Waals surface area contributed by atoms with Gasteiger partial charge in [-0.1, -0.05) is 12.8 Å². The Kier molecular flexibility index (Phi) is 5.82. The fourth-order valence-corrected chi connectivity index (χ4v) is 7.29. The Morgan fingerprint density at radius 3 is 2.40 bits per heavy atom. The van der Waals surface area contributed by atoms with Crippen LogP contribution in [-0.4, -0.2) is 52.3 Å². The van der Waals surface area contributed by atoms with E-state index in [1.807, 2.05) is 13.1 Å². The van der Waals surface area contributed by atoms with Crippen LogP contribution in [0, 0.1) is 11.2 Å². The lowest BCUT2D eigenvalue weighted by atomic mass is 9.75. The average Bonchev–Trinajstić information content (AvgIpc) is 3.43. The molecule has 4 aliphatic rings. The Morgan fingerprint density at radius 2 is 1.71 bits per heavy atom. The van der Waals surface area contributed by atoms with Crippen LogP contribution in [0.1, 0.15) is 82.1 Å². The van der Waals surface area contributed by atoms with Gasteiger partial charge in [0.15, 0.2) is 5.82 Å². The zero-order valence-corrected chi connectivity index (χ0v) is 20.7. The normalized spacial score (nSPS) is 27.7. The topological polar surface area (TPSA) is 70.5 Å². The van der Waals surface area contributed by atoms with E-state index in [1.165, 1.54) is 62.6 Å². The summed E-state index contributed by atoms with van der Waals surface area (Å²) in [5, 5.41) is 7.45. The van der Waals surface area contributed by atoms with Crippen LogP contribution in [0.2, 0.25) is 0 Å². The molecular weight excluding hydrogens is 445 g/mol. The lowest BCUT2D eigenvalue weighted by Gasteiger charge is -2.44. The van der Waals surface area contributed by atoms with Crippen molar-refractivity contribution in [2.75, 3.05) is 24.5 Å². The van der Waals surface area contributed by atoms with Gasteiger partial charge in [0.1, 0.15) is 5.82 Å². The molecule has 1 spiro atoms. The first-order valence-corrected chi connectivity index (χ1v) is 13.4. The molecule has 3 heterocycles. The summed E-state index contributed by atoms with van der Waals surface area (Å²) >= 11 is 0. The first-order valence-electron chi connectivity index (χ1n) is 13.4. The zero-order valence-electron chi connectivity index (χ0n) is 20.7. The molecule has 0 atom stereocenters. The molecule has 2 aliphatic heterocycles. The monoisotopic (exact) mass is 481 g/mol. The van der Waals surface area contributed by atoms with Crippen molar-refractivity contribution in [2.24, 2.45) is 12.5 Å². The van der Waals surface area contributed by atoms with Crippen LogP contribution in [0.25, 0.3) is 10.9 Å². The molecule has 7 nitrogen and oxygen atoms in total. The molecule has 0 bridgehead atoms. The number of aryl methyl sites for hydroxylation is 1. The maximum absolute atomic E-state index is 15.4. The summed E-state index contributed by atoms with van der Waals surface area (Å²) in [7, 11) is 1.82. The van der Waals surface area contributed by atoms with Crippen molar-refractivity contribution in [3.8, 4) is 0 Å². The third kappa shape index (κ3) is 4.13. The quantitative estimate of drug-likeness (QED) is 0.681. The van der Waals surface area contributed by atoms with Crippen LogP contribution >= 0.6 is 0 Å². The van der Waals surface area contributed by atoms with Gasteiger partial charge in [0.25, 0.3) is 0 Å². The molecule has 1 aromatic carbocycles. The number of hydrogen-bond donors (Lipinski definition) is 1. The standard InChI is InChI=1S/C27H36FN5O2/c1-31-23-17-20(22(28)16-21(23)25(30-31)33-13-8-24(34)29-26(33)35)18-4-6-19(7-5-18)32-14-11-27(12-15-32)9-2-3-10-27/h16-19H,2-15H2,1H3,(H,29,34,35). The van der Waals surface area contributed by atoms with E-state index in [1.54, 1.807) is 4.68 Å². The number of nitrogens with one attached hydrogen (secondary N) is 1. The summed E-state index contributed by atoms with van der Waals surface area (Å²) in [5.41, 5.74) is 2.24. The summed E-state index contributed by atoms with van der Waals surface area (Å²) in [5.74, 6) is 0.116. The van der Waals surface area contributed by atoms with E-state index in [9.17, 15) is 9.59 Å². The number of halogens is 1. The molecule has 0 unspecified atom stereocenters. The molecule has 6 rings (SSSR count). The van der Waals surface area contributed by atoms with Gasteiger partial charge in [-0.2, -0.15) is 5.10 Å². The van der Waals surface area contributed by atoms with Crippen molar-refractivity contribution in [1.82, 2.24) is 20.0 Å². The fourth-order valence-electron chi connectivity index (χ4n) is 7.29. The number of likely N-dealkylation sites (tertiary alicyclic amines) is 1. The average molecular weight is 482 g/mol. The molecule has 3 amide bonds. The molecular formula is C27H36FN5O2. The predicted molar refractivity (Wildman–Crippen MR) is 133 cm³/mol. The van der Waals surface area contributed by atoms with Gasteiger partial charge in [-0.15, -0.1) is 0 Å². The first kappa shape index (κ1) is 23.0. The van der Waals surface area contributed by atoms with Crippen molar-refractivity contribution < 1.29 is 14.0 Å². The summed E-state index contributed by atoms with van der Waals surface area (Å²) in [6.07, 6.45) is 12.9. The van der Waals surface area contributed by atoms with E-state index in [0.29, 0.717) is 22.7 Å². The van der Waals surface area contributed by atoms with Crippen molar-refractivity contribution in [1.29, 1.82) is 0 Å². The number of benzene rings is 1. The number of carbonyl (C=O) groups excluding carboxylic acids is 2. The Hall–Kier alpha value is -2.48. The second-order valence-corrected chi connectivity index (χ2v) is 11.3. The number of rotatable bonds is 3. The van der Waals surface area contributed by atoms with Crippen LogP contribution in [-0.2, 0) is 11.8 Å². The maximum atomic E-state index is 15.4. The van der Waals surface area contributed by atoms with Crippen LogP contribution in [0.15, 0.2) is 12.1 Å². The molecule has 1 aromatic heterocycles. The van der Waals surface area contributed by atoms with Gasteiger partial charge in [-0.25, -0.2) is 9.18 Å². The molecule has 8 heteroatoms. The molecule has 4 fully saturated rings. The number of hydrogen-bond acceptors (Lipinski definition) is 4. The number of nitrogens with zero attached hydrogens (tertiary/aromatic N) is 4. The van der Waals surface area contributed by atoms with E-state index >= 15 is 4.39 Å². The minimum absolute atomic E-state index is 0.214. The van der Waals surface area contributed by atoms with Crippen LogP contribution in [0.5, 0.6) is 0 Å². The number of piperidine rings is 1. The van der Waals surface area contributed by atoms with Gasteiger partial charge in [-0.3, -0.25) is 19.7 Å². The van der Waals surface area contributed by atoms with Crippen molar-refractivity contribution >= 4 is 28.7 Å². The molecule has 2 aliphatic carbocycles. The number of anilines is 1. The van der Waals surface area contributed by atoms with Gasteiger partial charge in [0.2, 0.25) is 5.91 Å². The number of imide groups is 1. The first-order chi connectivity index (χ1) is 16.9. The minimum Gasteiger partial charge on any atom is -0.300 e. The van der Waals surface area contributed by atoms with E-state index in [-0.39, 0.29) is 30.6 Å². The molecule has 2 aromatic rings. The van der Waals surface area contributed by atoms with Crippen LogP contribution in [0.4, 0.5) is 15.0 Å². The largest absolute Gasteiger partial charge is 0.329 e. The number of aromatic nitrogens is 2. The highest BCUT2D eigenvalue weighted by Crippen LogP contribution is 2.47. The minimum atomic E-state index is -0.499. The summed E-state index contributed by atoms with van der Waals surface area (Å²) in [6, 6.07) is 3.61. The van der Waals surface area contributed by atoms with Crippen molar-refractivity contribution in [2.45, 2.75) is 82.6 Å². The summed E-state index contributed by atoms with van der Waals surface area (Å²) in [4.78, 5) is 28.0. The van der Waals surface area contributed by atoms with Gasteiger partial charge >= 0.3 is 6.03 Å². The number of carbonyl (C=O) groups is 2. The van der Waals surface area contributed by atoms with Crippen molar-refractivity contribution in [3.63, 3.8) is 0 Å². The predicted octanol–water partition coefficient (Wildman–Crippen LogP) is 4.84. The fraction of sp³-hybridized carbons (Fsp3) is 0.667. The zero-order chi connectivity index (χ0) is 24.2. The third-order valence-electron chi connectivity index (χ3n) is 9.43. The highest BCUT2D eigenvalue weighted by atomic mass is 19.1. The van der Waals surface area contributed by atoms with E-state index < -0.39 is 6.03 Å². The van der Waals surface area contributed by atoms with Crippen molar-refractivity contribution in [3.05, 3.63) is 23.5 Å². The third-order valence-corrected chi connectivity index (χ3v) is 9.43. The highest BCUT2D eigenvalue weighted by Gasteiger charge is 2.39. The maximum Gasteiger partial charge on any atom is 0.329 e. The summed E-state index contributed by atoms with van der Waals surface area (Å²) in [6.45, 7) is 2.73. The smallest absolute Gasteiger partial charge is 0.300 e. The lowest BCUT2D eigenvalue weighted by molar-refractivity contribution is -0.120. The second-order valence-electron chi connectivity index (χ2n) is 11.3. The Bertz CT molecular complexity index is 1140. The van der Waals surface area contributed by atoms with E-state index in [2.05, 4.69) is 15.3 Å². The second kappa shape index (κ2) is 8.87. The Morgan fingerprint density at radius 1 is 1.00 bits per heavy atom. The molecule has 35 heavy (non-hydrogen) atoms. The summed E-state index contributed by atoms with van der Waals surface area (Å²) < 4.78 is 17.1. The molecule has 188 valence electrons. The Balaban J connectivity index is 1.15. The number of urea groups is 1. The Labute approximate surface area is 206 Å². The molecule has 0 radical (unpaired) electrons. The molecule has 2 saturated carbocycles. The van der Waals surface area contributed by atoms with E-state index in [0.717, 1.165) is 36.8 Å². The number of amides is 3. The van der Waals surface area contributed by atoms with Gasteiger partial charge in [-0.05, 0) is 93.5 Å².